The standard InChI is InChI=1S/C16H14N2O3/c19-16(20)10-18-14-9-5-4-8-13(14)17-15(18)11-21-12-6-2-1-3-7-12/h1-9,11,17H,10H2,(H,19,20). The maximum atomic E-state index is 11.0. The van der Waals surface area contributed by atoms with Gasteiger partial charge in [-0.2, -0.15) is 0 Å². The maximum absolute atomic E-state index is 11.0. The highest BCUT2D eigenvalue weighted by Crippen LogP contribution is 2.35. The molecule has 0 aliphatic carbocycles. The van der Waals surface area contributed by atoms with E-state index in [1.807, 2.05) is 54.6 Å². The second-order valence-electron chi connectivity index (χ2n) is 4.56. The Labute approximate surface area is 122 Å². The lowest BCUT2D eigenvalue weighted by Crippen LogP contribution is -2.28. The molecular formula is C16H14N2O3. The number of para-hydroxylation sites is 3. The van der Waals surface area contributed by atoms with Crippen molar-refractivity contribution in [2.24, 2.45) is 0 Å². The van der Waals surface area contributed by atoms with E-state index in [1.165, 1.54) is 6.26 Å². The molecule has 5 heteroatoms. The van der Waals surface area contributed by atoms with E-state index in [0.717, 1.165) is 11.4 Å². The lowest BCUT2D eigenvalue weighted by Gasteiger charge is -2.17. The molecule has 1 heterocycles. The van der Waals surface area contributed by atoms with Crippen molar-refractivity contribution in [3.8, 4) is 5.75 Å². The summed E-state index contributed by atoms with van der Waals surface area (Å²) in [6.45, 7) is -0.131. The van der Waals surface area contributed by atoms with Gasteiger partial charge in [-0.3, -0.25) is 4.79 Å². The number of carboxylic acid groups (broad SMARTS) is 1. The Kier molecular flexibility index (Phi) is 3.47. The van der Waals surface area contributed by atoms with Gasteiger partial charge in [-0.15, -0.1) is 0 Å². The first kappa shape index (κ1) is 13.1. The van der Waals surface area contributed by atoms with Gasteiger partial charge in [-0.25, -0.2) is 0 Å². The van der Waals surface area contributed by atoms with E-state index in [4.69, 9.17) is 9.84 Å². The Hall–Kier alpha value is -2.95. The average molecular weight is 282 g/mol. The molecule has 0 unspecified atom stereocenters. The molecule has 0 radical (unpaired) electrons. The fourth-order valence-electron chi connectivity index (χ4n) is 2.17. The molecule has 2 N–H and O–H groups in total. The minimum Gasteiger partial charge on any atom is -0.480 e. The van der Waals surface area contributed by atoms with Crippen molar-refractivity contribution in [2.45, 2.75) is 0 Å². The highest BCUT2D eigenvalue weighted by molar-refractivity contribution is 5.85. The third kappa shape index (κ3) is 2.81. The normalized spacial score (nSPS) is 14.7. The lowest BCUT2D eigenvalue weighted by molar-refractivity contribution is -0.135. The predicted molar refractivity (Wildman–Crippen MR) is 80.2 cm³/mol. The first-order valence-corrected chi connectivity index (χ1v) is 6.51. The van der Waals surface area contributed by atoms with Gasteiger partial charge in [0.15, 0.2) is 0 Å². The second-order valence-corrected chi connectivity index (χ2v) is 4.56. The summed E-state index contributed by atoms with van der Waals surface area (Å²) in [6, 6.07) is 16.9. The van der Waals surface area contributed by atoms with Gasteiger partial charge in [0.1, 0.15) is 24.4 Å². The van der Waals surface area contributed by atoms with Crippen LogP contribution in [0.5, 0.6) is 5.75 Å². The number of aliphatic carboxylic acids is 1. The first-order valence-electron chi connectivity index (χ1n) is 6.51. The highest BCUT2D eigenvalue weighted by atomic mass is 16.5. The van der Waals surface area contributed by atoms with Crippen molar-refractivity contribution >= 4 is 17.3 Å². The number of hydrogen-bond acceptors (Lipinski definition) is 4. The molecule has 0 bridgehead atoms. The molecule has 106 valence electrons. The number of nitrogens with zero attached hydrogens (tertiary/aromatic N) is 1. The largest absolute Gasteiger partial charge is 0.480 e. The number of benzene rings is 2. The SMILES string of the molecule is O=C(O)CN1C(=COc2ccccc2)Nc2ccccc21. The molecule has 2 aromatic rings. The van der Waals surface area contributed by atoms with Gasteiger partial charge in [-0.05, 0) is 24.3 Å². The van der Waals surface area contributed by atoms with E-state index in [1.54, 1.807) is 4.90 Å². The van der Waals surface area contributed by atoms with Crippen molar-refractivity contribution in [3.63, 3.8) is 0 Å². The fourth-order valence-corrected chi connectivity index (χ4v) is 2.17. The quantitative estimate of drug-likeness (QED) is 0.844. The van der Waals surface area contributed by atoms with E-state index in [9.17, 15) is 4.79 Å². The van der Waals surface area contributed by atoms with Crippen LogP contribution in [0.4, 0.5) is 11.4 Å². The molecule has 0 atom stereocenters. The number of rotatable bonds is 4. The van der Waals surface area contributed by atoms with E-state index in [0.29, 0.717) is 11.6 Å². The minimum absolute atomic E-state index is 0.131. The molecule has 0 fully saturated rings. The monoisotopic (exact) mass is 282 g/mol. The van der Waals surface area contributed by atoms with Crippen LogP contribution in [0.15, 0.2) is 66.7 Å². The number of anilines is 2. The molecule has 0 saturated heterocycles. The fraction of sp³-hybridized carbons (Fsp3) is 0.0625. The van der Waals surface area contributed by atoms with E-state index >= 15 is 0 Å². The number of nitrogens with one attached hydrogen (secondary N) is 1. The Morgan fingerprint density at radius 3 is 2.62 bits per heavy atom. The maximum Gasteiger partial charge on any atom is 0.323 e. The van der Waals surface area contributed by atoms with Gasteiger partial charge < -0.3 is 20.1 Å². The van der Waals surface area contributed by atoms with Gasteiger partial charge in [0.05, 0.1) is 11.4 Å². The number of fused-ring (bicyclic) bond motifs is 1. The molecule has 0 spiro atoms. The minimum atomic E-state index is -0.904. The third-order valence-corrected chi connectivity index (χ3v) is 3.09. The third-order valence-electron chi connectivity index (χ3n) is 3.09. The Morgan fingerprint density at radius 1 is 1.14 bits per heavy atom. The number of hydrogen-bond donors (Lipinski definition) is 2. The molecule has 0 aromatic heterocycles. The predicted octanol–water partition coefficient (Wildman–Crippen LogP) is 2.88. The zero-order chi connectivity index (χ0) is 14.7. The smallest absolute Gasteiger partial charge is 0.323 e. The van der Waals surface area contributed by atoms with Crippen LogP contribution in [-0.4, -0.2) is 17.6 Å². The summed E-state index contributed by atoms with van der Waals surface area (Å²) in [7, 11) is 0. The van der Waals surface area contributed by atoms with Crippen molar-refractivity contribution in [2.75, 3.05) is 16.8 Å². The van der Waals surface area contributed by atoms with Gasteiger partial charge >= 0.3 is 5.97 Å². The zero-order valence-electron chi connectivity index (χ0n) is 11.2. The Morgan fingerprint density at radius 2 is 1.86 bits per heavy atom. The lowest BCUT2D eigenvalue weighted by atomic mass is 10.2. The van der Waals surface area contributed by atoms with Crippen LogP contribution >= 0.6 is 0 Å². The van der Waals surface area contributed by atoms with Crippen LogP contribution in [0.2, 0.25) is 0 Å². The van der Waals surface area contributed by atoms with E-state index in [2.05, 4.69) is 5.32 Å². The van der Waals surface area contributed by atoms with Crippen LogP contribution in [0, 0.1) is 0 Å². The number of ether oxygens (including phenoxy) is 1. The molecule has 21 heavy (non-hydrogen) atoms. The molecule has 1 aliphatic heterocycles. The summed E-state index contributed by atoms with van der Waals surface area (Å²) >= 11 is 0. The molecular weight excluding hydrogens is 268 g/mol. The summed E-state index contributed by atoms with van der Waals surface area (Å²) in [4.78, 5) is 12.7. The van der Waals surface area contributed by atoms with Crippen LogP contribution in [-0.2, 0) is 4.79 Å². The van der Waals surface area contributed by atoms with Crippen LogP contribution in [0.25, 0.3) is 0 Å². The average Bonchev–Trinajstić information content (AvgIpc) is 2.84. The van der Waals surface area contributed by atoms with Crippen LogP contribution < -0.4 is 15.0 Å². The molecule has 0 amide bonds. The summed E-state index contributed by atoms with van der Waals surface area (Å²) in [5, 5.41) is 12.2. The molecule has 1 aliphatic rings. The van der Waals surface area contributed by atoms with Gasteiger partial charge in [0, 0.05) is 0 Å². The van der Waals surface area contributed by atoms with Gasteiger partial charge in [0.2, 0.25) is 0 Å². The summed E-state index contributed by atoms with van der Waals surface area (Å²) < 4.78 is 5.57. The topological polar surface area (TPSA) is 61.8 Å². The number of carboxylic acids is 1. The highest BCUT2D eigenvalue weighted by Gasteiger charge is 2.25. The van der Waals surface area contributed by atoms with E-state index < -0.39 is 5.97 Å². The summed E-state index contributed by atoms with van der Waals surface area (Å²) in [5.74, 6) is 0.389. The van der Waals surface area contributed by atoms with Crippen molar-refractivity contribution < 1.29 is 14.6 Å². The van der Waals surface area contributed by atoms with Gasteiger partial charge in [0.25, 0.3) is 0 Å². The van der Waals surface area contributed by atoms with Gasteiger partial charge in [-0.1, -0.05) is 30.3 Å². The summed E-state index contributed by atoms with van der Waals surface area (Å²) in [6.07, 6.45) is 1.53. The second kappa shape index (κ2) is 5.58. The molecule has 0 saturated carbocycles. The Bertz CT molecular complexity index is 683. The first-order chi connectivity index (χ1) is 10.2. The van der Waals surface area contributed by atoms with Crippen LogP contribution in [0.1, 0.15) is 0 Å². The van der Waals surface area contributed by atoms with E-state index in [-0.39, 0.29) is 6.54 Å². The number of carbonyl (C=O) groups is 1. The molecule has 3 rings (SSSR count). The molecule has 2 aromatic carbocycles. The van der Waals surface area contributed by atoms with Crippen molar-refractivity contribution in [3.05, 3.63) is 66.7 Å². The zero-order valence-corrected chi connectivity index (χ0v) is 11.2. The summed E-state index contributed by atoms with van der Waals surface area (Å²) in [5.41, 5.74) is 1.68. The molecule has 5 nitrogen and oxygen atoms in total. The van der Waals surface area contributed by atoms with Crippen molar-refractivity contribution in [1.29, 1.82) is 0 Å². The van der Waals surface area contributed by atoms with Crippen molar-refractivity contribution in [1.82, 2.24) is 0 Å². The Balaban J connectivity index is 1.86. The van der Waals surface area contributed by atoms with Crippen LogP contribution in [0.3, 0.4) is 0 Å².